The van der Waals surface area contributed by atoms with Gasteiger partial charge in [-0.2, -0.15) is 13.5 Å². The Kier molecular flexibility index (Phi) is 10.3. The van der Waals surface area contributed by atoms with Crippen LogP contribution in [0.25, 0.3) is 0 Å². The maximum Gasteiger partial charge on any atom is 0.387 e. The van der Waals surface area contributed by atoms with Crippen LogP contribution in [0.3, 0.4) is 0 Å². The van der Waals surface area contributed by atoms with Gasteiger partial charge in [0.1, 0.15) is 16.1 Å². The molecule has 2 atom stereocenters. The molecule has 2 fully saturated rings. The summed E-state index contributed by atoms with van der Waals surface area (Å²) < 4.78 is 43.4. The molecule has 2 aromatic carbocycles. The maximum absolute atomic E-state index is 13.6. The number of nitrogens with zero attached hydrogens (tertiary/aromatic N) is 2. The predicted octanol–water partition coefficient (Wildman–Crippen LogP) is 6.46. The number of rotatable bonds is 13. The van der Waals surface area contributed by atoms with Crippen LogP contribution in [0.2, 0.25) is 10.0 Å². The molecule has 0 spiro atoms. The molecule has 1 saturated heterocycles. The van der Waals surface area contributed by atoms with Crippen molar-refractivity contribution in [2.75, 3.05) is 25.4 Å². The topological polar surface area (TPSA) is 74.9 Å². The summed E-state index contributed by atoms with van der Waals surface area (Å²) in [6.07, 6.45) is 4.28. The van der Waals surface area contributed by atoms with Gasteiger partial charge < -0.3 is 19.4 Å². The largest absolute Gasteiger partial charge is 0.619 e. The summed E-state index contributed by atoms with van der Waals surface area (Å²) in [5, 5.41) is 11.5. The van der Waals surface area contributed by atoms with Crippen LogP contribution >= 0.6 is 35.0 Å². The third-order valence-electron chi connectivity index (χ3n) is 7.15. The molecular weight excluding hydrogens is 609 g/mol. The SMILES string of the molecule is O=C(O[C@@H](Cc1c(Cl)c[n+]([O-])cc1Cl)c1ccc(OC(F)F)c(OCC2CC2)c1)[C@@H]1SCCN1CCc1ccccc1. The normalized spacial score (nSPS) is 17.8. The average Bonchev–Trinajstić information content (AvgIpc) is 3.67. The van der Waals surface area contributed by atoms with E-state index in [4.69, 9.17) is 32.7 Å². The van der Waals surface area contributed by atoms with Gasteiger partial charge in [-0.1, -0.05) is 59.6 Å². The first kappa shape index (κ1) is 30.7. The Bertz CT molecular complexity index is 1360. The number of esters is 1. The Balaban J connectivity index is 1.40. The van der Waals surface area contributed by atoms with Crippen molar-refractivity contribution in [2.24, 2.45) is 5.92 Å². The van der Waals surface area contributed by atoms with Crippen molar-refractivity contribution in [2.45, 2.75) is 43.8 Å². The van der Waals surface area contributed by atoms with Gasteiger partial charge in [-0.25, -0.2) is 4.79 Å². The van der Waals surface area contributed by atoms with Gasteiger partial charge in [0.05, 0.1) is 6.61 Å². The van der Waals surface area contributed by atoms with Gasteiger partial charge in [-0.05, 0) is 48.4 Å². The number of ether oxygens (including phenoxy) is 3. The predicted molar refractivity (Wildman–Crippen MR) is 157 cm³/mol. The number of hydrogen-bond acceptors (Lipinski definition) is 7. The number of carbonyl (C=O) groups excluding carboxylic acids is 1. The van der Waals surface area contributed by atoms with Gasteiger partial charge in [0, 0.05) is 30.8 Å². The van der Waals surface area contributed by atoms with Crippen LogP contribution in [-0.4, -0.2) is 48.3 Å². The highest BCUT2D eigenvalue weighted by Crippen LogP contribution is 2.38. The molecule has 1 aliphatic heterocycles. The minimum Gasteiger partial charge on any atom is -0.619 e. The molecule has 42 heavy (non-hydrogen) atoms. The number of halogens is 4. The Labute approximate surface area is 257 Å². The molecule has 224 valence electrons. The van der Waals surface area contributed by atoms with Gasteiger partial charge in [0.15, 0.2) is 29.3 Å². The van der Waals surface area contributed by atoms with E-state index in [0.29, 0.717) is 34.9 Å². The zero-order chi connectivity index (χ0) is 29.6. The summed E-state index contributed by atoms with van der Waals surface area (Å²) in [4.78, 5) is 15.7. The second-order valence-electron chi connectivity index (χ2n) is 10.3. The highest BCUT2D eigenvalue weighted by molar-refractivity contribution is 8.00. The molecule has 1 saturated carbocycles. The summed E-state index contributed by atoms with van der Waals surface area (Å²) in [5.74, 6) is 0.719. The lowest BCUT2D eigenvalue weighted by atomic mass is 10.0. The lowest BCUT2D eigenvalue weighted by molar-refractivity contribution is -0.605. The fourth-order valence-corrected chi connectivity index (χ4v) is 6.50. The summed E-state index contributed by atoms with van der Waals surface area (Å²) in [7, 11) is 0. The van der Waals surface area contributed by atoms with E-state index in [2.05, 4.69) is 21.8 Å². The summed E-state index contributed by atoms with van der Waals surface area (Å²) in [6.45, 7) is -1.25. The number of benzene rings is 2. The van der Waals surface area contributed by atoms with E-state index in [1.807, 2.05) is 18.2 Å². The van der Waals surface area contributed by atoms with Gasteiger partial charge in [-0.3, -0.25) is 4.90 Å². The van der Waals surface area contributed by atoms with Crippen molar-refractivity contribution in [3.63, 3.8) is 0 Å². The molecule has 0 unspecified atom stereocenters. The Morgan fingerprint density at radius 1 is 1.10 bits per heavy atom. The zero-order valence-electron chi connectivity index (χ0n) is 22.6. The van der Waals surface area contributed by atoms with Crippen LogP contribution in [-0.2, 0) is 22.4 Å². The van der Waals surface area contributed by atoms with E-state index >= 15 is 0 Å². The lowest BCUT2D eigenvalue weighted by Gasteiger charge is -2.26. The molecule has 0 N–H and O–H groups in total. The first-order chi connectivity index (χ1) is 20.3. The molecule has 3 aromatic rings. The van der Waals surface area contributed by atoms with Gasteiger partial charge in [0.25, 0.3) is 0 Å². The minimum atomic E-state index is -3.03. The van der Waals surface area contributed by atoms with E-state index in [-0.39, 0.29) is 28.0 Å². The molecule has 0 amide bonds. The lowest BCUT2D eigenvalue weighted by Crippen LogP contribution is -2.38. The third kappa shape index (κ3) is 8.18. The van der Waals surface area contributed by atoms with Crippen LogP contribution in [0.4, 0.5) is 8.78 Å². The Morgan fingerprint density at radius 2 is 1.83 bits per heavy atom. The molecule has 1 aliphatic carbocycles. The Hall–Kier alpha value is -2.79. The number of hydrogen-bond donors (Lipinski definition) is 0. The fourth-order valence-electron chi connectivity index (χ4n) is 4.73. The van der Waals surface area contributed by atoms with Gasteiger partial charge in [-0.15, -0.1) is 11.8 Å². The second kappa shape index (κ2) is 14.1. The number of thioether (sulfide) groups is 1. The summed E-state index contributed by atoms with van der Waals surface area (Å²) >= 11 is 14.2. The van der Waals surface area contributed by atoms with Crippen LogP contribution in [0.5, 0.6) is 11.5 Å². The molecule has 7 nitrogen and oxygen atoms in total. The quantitative estimate of drug-likeness (QED) is 0.121. The Morgan fingerprint density at radius 3 is 2.52 bits per heavy atom. The number of pyridine rings is 1. The summed E-state index contributed by atoms with van der Waals surface area (Å²) in [5.41, 5.74) is 2.07. The molecule has 1 aromatic heterocycles. The van der Waals surface area contributed by atoms with Crippen molar-refractivity contribution >= 4 is 40.9 Å². The van der Waals surface area contributed by atoms with E-state index in [1.54, 1.807) is 12.1 Å². The van der Waals surface area contributed by atoms with E-state index in [0.717, 1.165) is 31.6 Å². The monoisotopic (exact) mass is 638 g/mol. The first-order valence-electron chi connectivity index (χ1n) is 13.6. The van der Waals surface area contributed by atoms with Crippen LogP contribution in [0, 0.1) is 11.1 Å². The van der Waals surface area contributed by atoms with Crippen molar-refractivity contribution in [3.05, 3.63) is 92.9 Å². The molecule has 2 aliphatic rings. The smallest absolute Gasteiger partial charge is 0.387 e. The number of carbonyl (C=O) groups is 1. The average molecular weight is 640 g/mol. The minimum absolute atomic E-state index is 0.0444. The van der Waals surface area contributed by atoms with E-state index < -0.39 is 24.1 Å². The van der Waals surface area contributed by atoms with Crippen LogP contribution in [0.15, 0.2) is 60.9 Å². The van der Waals surface area contributed by atoms with Crippen LogP contribution in [0.1, 0.15) is 35.6 Å². The second-order valence-corrected chi connectivity index (χ2v) is 12.3. The van der Waals surface area contributed by atoms with E-state index in [9.17, 15) is 18.8 Å². The standard InChI is InChI=1S/C30H30Cl2F2N2O5S/c31-23-16-36(38)17-24(32)22(23)15-26(21-8-9-25(41-30(33)34)27(14-21)39-18-20-6-7-20)40-29(37)28-35(12-13-42-28)11-10-19-4-2-1-3-5-19/h1-5,8-9,14,16-17,20,26,28,30H,6-7,10-13,15,18H2/t26-,28-/m0/s1. The van der Waals surface area contributed by atoms with Crippen LogP contribution < -0.4 is 14.2 Å². The summed E-state index contributed by atoms with van der Waals surface area (Å²) in [6, 6.07) is 14.5. The highest BCUT2D eigenvalue weighted by atomic mass is 35.5. The fraction of sp³-hybridized carbons (Fsp3) is 0.400. The first-order valence-corrected chi connectivity index (χ1v) is 15.5. The third-order valence-corrected chi connectivity index (χ3v) is 9.03. The van der Waals surface area contributed by atoms with Gasteiger partial charge in [0.2, 0.25) is 0 Å². The molecule has 12 heteroatoms. The van der Waals surface area contributed by atoms with Crippen molar-refractivity contribution in [1.29, 1.82) is 0 Å². The van der Waals surface area contributed by atoms with Gasteiger partial charge >= 0.3 is 12.6 Å². The highest BCUT2D eigenvalue weighted by Gasteiger charge is 2.35. The zero-order valence-corrected chi connectivity index (χ0v) is 24.9. The molecule has 2 heterocycles. The molecule has 0 bridgehead atoms. The van der Waals surface area contributed by atoms with Crippen molar-refractivity contribution in [1.82, 2.24) is 4.90 Å². The number of alkyl halides is 2. The molecule has 0 radical (unpaired) electrons. The van der Waals surface area contributed by atoms with Crippen molar-refractivity contribution in [3.8, 4) is 11.5 Å². The van der Waals surface area contributed by atoms with E-state index in [1.165, 1.54) is 35.8 Å². The molecular formula is C30H30Cl2F2N2O5S. The maximum atomic E-state index is 13.6. The van der Waals surface area contributed by atoms with Crippen molar-refractivity contribution < 1.29 is 32.5 Å². The molecule has 5 rings (SSSR count). The number of aromatic nitrogens is 1.